The number of carboxylic acid groups (broad SMARTS) is 2. The summed E-state index contributed by atoms with van der Waals surface area (Å²) in [5, 5.41) is 48.6. The standard InChI is InChI=1S/C26H30N4O3.C25H28N4O3.C17H21N3O2.C16H19N3O2.C8H8F3N3O2/c1-5-19-6-8-20(9-7-19)16-29-14-15-30-25(29)23(18(3)28-30)24(31)27-17(2)21-10-12-22(13-11-21)26(32)33-4;1-4-18-5-7-19(8-6-18)15-28-13-14-29-24(28)22(17(3)27-29)23(30)26-16(2)20-9-11-21(12-10-20)25(31)32;1-4-13-5-7-14(8-6-13)11-19-9-10-20-16(19)15(12(2)18-20)17(21)22-3;1-3-12-4-6-13(7-5-12)10-18-8-9-19-15(18)14(16(20)21)11(2)17-19;1-16-7(15)4-5(8(9,10)11)13-14-3-2-12-6(4)14/h6-13,17H,5,14-16H2,1-4H3,(H,27,31);5-12,16H,4,13-15H2,1-3H3,(H,26,30)(H,31,32);5-8H,4,9-11H2,1-3H3;4-7H,3,8-10H2,1-2H3,(H,20,21);12H,2-3H2,1H3/t17-;16-;;;/m00.../s1. The van der Waals surface area contributed by atoms with Gasteiger partial charge < -0.3 is 60.0 Å². The molecule has 5 aromatic heterocycles. The number of methoxy groups -OCH3 is 3. The number of nitrogens with zero attached hydrogens (tertiary/aromatic N) is 14. The maximum atomic E-state index is 13.3. The van der Waals surface area contributed by atoms with Crippen LogP contribution in [0.3, 0.4) is 0 Å². The zero-order valence-corrected chi connectivity index (χ0v) is 72.1. The molecule has 0 fully saturated rings. The van der Waals surface area contributed by atoms with E-state index in [1.165, 1.54) is 58.7 Å². The van der Waals surface area contributed by atoms with Crippen LogP contribution >= 0.6 is 0 Å². The summed E-state index contributed by atoms with van der Waals surface area (Å²) in [6, 6.07) is 47.5. The average Bonchev–Trinajstić information content (AvgIpc) is 1.63. The van der Waals surface area contributed by atoms with Gasteiger partial charge in [-0.1, -0.05) is 149 Å². The number of aromatic nitrogens is 10. The van der Waals surface area contributed by atoms with Crippen molar-refractivity contribution in [3.8, 4) is 0 Å². The van der Waals surface area contributed by atoms with Gasteiger partial charge in [0.05, 0.1) is 100 Å². The number of carbonyl (C=O) groups excluding carboxylic acids is 5. The quantitative estimate of drug-likeness (QED) is 0.0293. The van der Waals surface area contributed by atoms with Crippen molar-refractivity contribution in [3.05, 3.63) is 269 Å². The molecule has 5 N–H and O–H groups in total. The molecule has 32 heteroatoms. The van der Waals surface area contributed by atoms with E-state index in [1.54, 1.807) is 48.0 Å². The normalized spacial score (nSPS) is 13.6. The van der Waals surface area contributed by atoms with Crippen molar-refractivity contribution < 1.29 is 71.2 Å². The number of rotatable bonds is 23. The third-order valence-corrected chi connectivity index (χ3v) is 22.6. The molecule has 0 spiro atoms. The second-order valence-electron chi connectivity index (χ2n) is 30.8. The summed E-state index contributed by atoms with van der Waals surface area (Å²) in [5.74, 6) is -0.513. The maximum Gasteiger partial charge on any atom is 0.436 e. The van der Waals surface area contributed by atoms with E-state index >= 15 is 0 Å². The molecular weight excluding hydrogens is 1590 g/mol. The van der Waals surface area contributed by atoms with E-state index in [4.69, 9.17) is 14.6 Å². The van der Waals surface area contributed by atoms with Gasteiger partial charge in [-0.3, -0.25) is 9.59 Å². The molecule has 0 saturated carbocycles. The molecular formula is C92H106F3N17O12. The first-order valence-electron chi connectivity index (χ1n) is 41.5. The predicted octanol–water partition coefficient (Wildman–Crippen LogP) is 14.2. The van der Waals surface area contributed by atoms with Gasteiger partial charge in [-0.05, 0) is 147 Å². The molecule has 652 valence electrons. The highest BCUT2D eigenvalue weighted by molar-refractivity contribution is 6.02. The molecule has 0 radical (unpaired) electrons. The number of anilines is 5. The Labute approximate surface area is 717 Å². The fourth-order valence-corrected chi connectivity index (χ4v) is 15.8. The molecule has 16 rings (SSSR count). The number of hydrogen-bond donors (Lipinski definition) is 5. The van der Waals surface area contributed by atoms with Gasteiger partial charge in [-0.25, -0.2) is 47.4 Å². The van der Waals surface area contributed by atoms with Crippen LogP contribution in [0.2, 0.25) is 0 Å². The number of aryl methyl sites for hydroxylation is 8. The Morgan fingerprint density at radius 3 is 0.992 bits per heavy atom. The van der Waals surface area contributed by atoms with E-state index < -0.39 is 35.3 Å². The molecule has 0 unspecified atom stereocenters. The van der Waals surface area contributed by atoms with Crippen LogP contribution in [-0.4, -0.2) is 155 Å². The Hall–Kier alpha value is -13.6. The second kappa shape index (κ2) is 39.5. The first kappa shape index (κ1) is 89.7. The van der Waals surface area contributed by atoms with E-state index in [1.807, 2.05) is 60.8 Å². The van der Waals surface area contributed by atoms with Gasteiger partial charge in [-0.15, -0.1) is 0 Å². The smallest absolute Gasteiger partial charge is 0.436 e. The number of fused-ring (bicyclic) bond motifs is 5. The summed E-state index contributed by atoms with van der Waals surface area (Å²) in [5.41, 5.74) is 15.7. The van der Waals surface area contributed by atoms with Gasteiger partial charge in [0.15, 0.2) is 5.69 Å². The van der Waals surface area contributed by atoms with E-state index in [9.17, 15) is 51.8 Å². The van der Waals surface area contributed by atoms with Crippen LogP contribution in [0.5, 0.6) is 0 Å². The largest absolute Gasteiger partial charge is 0.478 e. The molecule has 0 bridgehead atoms. The Balaban J connectivity index is 0.000000145. The molecule has 11 aromatic rings. The lowest BCUT2D eigenvalue weighted by Gasteiger charge is -2.20. The Morgan fingerprint density at radius 1 is 0.379 bits per heavy atom. The number of nitrogens with one attached hydrogen (secondary N) is 3. The molecule has 5 aliphatic rings. The number of ether oxygens (including phenoxy) is 3. The average molecular weight is 1700 g/mol. The van der Waals surface area contributed by atoms with Crippen LogP contribution in [0.25, 0.3) is 0 Å². The molecule has 6 aromatic carbocycles. The number of amides is 2. The summed E-state index contributed by atoms with van der Waals surface area (Å²) in [7, 11) is 3.80. The summed E-state index contributed by atoms with van der Waals surface area (Å²) in [4.78, 5) is 92.8. The van der Waals surface area contributed by atoms with Gasteiger partial charge >= 0.3 is 36.0 Å². The van der Waals surface area contributed by atoms with Crippen LogP contribution in [0.1, 0.15) is 210 Å². The van der Waals surface area contributed by atoms with Crippen molar-refractivity contribution in [1.82, 2.24) is 59.5 Å². The summed E-state index contributed by atoms with van der Waals surface area (Å²) in [6.07, 6.45) is -0.564. The summed E-state index contributed by atoms with van der Waals surface area (Å²) in [6.45, 7) is 29.8. The van der Waals surface area contributed by atoms with Crippen LogP contribution < -0.4 is 35.6 Å². The van der Waals surface area contributed by atoms with E-state index in [-0.39, 0.29) is 47.2 Å². The molecule has 2 amide bonds. The Bertz CT molecular complexity index is 5660. The lowest BCUT2D eigenvalue weighted by atomic mass is 10.1. The number of aromatic carboxylic acids is 2. The fourth-order valence-electron chi connectivity index (χ4n) is 15.8. The van der Waals surface area contributed by atoms with Crippen LogP contribution in [0.4, 0.5) is 42.3 Å². The van der Waals surface area contributed by atoms with Gasteiger partial charge in [-0.2, -0.15) is 38.7 Å². The van der Waals surface area contributed by atoms with Crippen molar-refractivity contribution in [2.45, 2.75) is 172 Å². The Morgan fingerprint density at radius 2 is 0.677 bits per heavy atom. The van der Waals surface area contributed by atoms with Crippen molar-refractivity contribution in [3.63, 3.8) is 0 Å². The van der Waals surface area contributed by atoms with Crippen LogP contribution in [-0.2, 0) is 105 Å². The fraction of sp³-hybridized carbons (Fsp3) is 0.370. The molecule has 0 saturated heterocycles. The van der Waals surface area contributed by atoms with E-state index in [0.717, 1.165) is 162 Å². The van der Waals surface area contributed by atoms with Gasteiger partial charge in [0.25, 0.3) is 11.8 Å². The van der Waals surface area contributed by atoms with Crippen LogP contribution in [0.15, 0.2) is 146 Å². The van der Waals surface area contributed by atoms with Crippen molar-refractivity contribution >= 4 is 70.8 Å². The minimum atomic E-state index is -4.66. The first-order chi connectivity index (χ1) is 59.5. The predicted molar refractivity (Wildman–Crippen MR) is 464 cm³/mol. The molecule has 124 heavy (non-hydrogen) atoms. The molecule has 5 aliphatic heterocycles. The highest BCUT2D eigenvalue weighted by Crippen LogP contribution is 2.39. The molecule has 0 aliphatic carbocycles. The summed E-state index contributed by atoms with van der Waals surface area (Å²) >= 11 is 0. The van der Waals surface area contributed by atoms with E-state index in [0.29, 0.717) is 52.3 Å². The molecule has 10 heterocycles. The second-order valence-corrected chi connectivity index (χ2v) is 30.8. The number of hydrogen-bond acceptors (Lipinski definition) is 20. The minimum absolute atomic E-state index is 0.0687. The van der Waals surface area contributed by atoms with Gasteiger partial charge in [0.1, 0.15) is 56.9 Å². The third kappa shape index (κ3) is 20.3. The number of carboxylic acids is 2. The lowest BCUT2D eigenvalue weighted by molar-refractivity contribution is -0.142. The number of benzene rings is 6. The lowest BCUT2D eigenvalue weighted by Crippen LogP contribution is -2.29. The minimum Gasteiger partial charge on any atom is -0.478 e. The monoisotopic (exact) mass is 1700 g/mol. The zero-order chi connectivity index (χ0) is 89.0. The third-order valence-electron chi connectivity index (χ3n) is 22.6. The van der Waals surface area contributed by atoms with Gasteiger partial charge in [0, 0.05) is 58.9 Å². The SMILES string of the molecule is CCc1ccc(CN2CCn3nc(C)c(C(=O)N[C@@H](C)c4ccc(C(=O)O)cc4)c32)cc1.CCc1ccc(CN2CCn3nc(C)c(C(=O)N[C@@H](C)c4ccc(C(=O)OC)cc4)c32)cc1.CCc1ccc(CN2CCn3nc(C)c(C(=O)O)c32)cc1.CCc1ccc(CN2CCn3nc(C)c(C(=O)OC)c32)cc1.COC(=O)c1c(C(F)(F)F)nn2c1NCC2. The number of esters is 3. The van der Waals surface area contributed by atoms with Crippen molar-refractivity contribution in [1.29, 1.82) is 0 Å². The summed E-state index contributed by atoms with van der Waals surface area (Å²) < 4.78 is 60.4. The molecule has 2 atom stereocenters. The number of carbonyl (C=O) groups is 7. The molecule has 29 nitrogen and oxygen atoms in total. The van der Waals surface area contributed by atoms with Gasteiger partial charge in [0.2, 0.25) is 0 Å². The highest BCUT2D eigenvalue weighted by Gasteiger charge is 2.43. The Kier molecular flexibility index (Phi) is 28.6. The number of alkyl halides is 3. The zero-order valence-electron chi connectivity index (χ0n) is 72.1. The van der Waals surface area contributed by atoms with Crippen molar-refractivity contribution in [2.75, 3.05) is 79.0 Å². The van der Waals surface area contributed by atoms with E-state index in [2.05, 4.69) is 191 Å². The topological polar surface area (TPSA) is 326 Å². The van der Waals surface area contributed by atoms with Crippen LogP contribution in [0, 0.1) is 27.7 Å². The maximum absolute atomic E-state index is 13.3. The number of halogens is 3. The first-order valence-corrected chi connectivity index (χ1v) is 41.5. The van der Waals surface area contributed by atoms with Crippen molar-refractivity contribution in [2.24, 2.45) is 0 Å². The highest BCUT2D eigenvalue weighted by atomic mass is 19.4.